The van der Waals surface area contributed by atoms with Gasteiger partial charge >= 0.3 is 6.18 Å². The molecule has 0 amide bonds. The number of nitrogens with zero attached hydrogens (tertiary/aromatic N) is 7. The largest absolute Gasteiger partial charge is 0.863 e. The van der Waals surface area contributed by atoms with E-state index in [0.717, 1.165) is 35.0 Å². The number of nitrogens with one attached hydrogen (secondary N) is 2. The maximum atomic E-state index is 13.3. The van der Waals surface area contributed by atoms with Crippen molar-refractivity contribution in [3.8, 4) is 11.5 Å². The summed E-state index contributed by atoms with van der Waals surface area (Å²) in [6, 6.07) is 13.6. The molecule has 0 aromatic heterocycles. The number of hydrogen-bond acceptors (Lipinski definition) is 16. The Labute approximate surface area is 337 Å². The quantitative estimate of drug-likeness (QED) is 0.171. The molecule has 2 aliphatic rings. The second-order valence-electron chi connectivity index (χ2n) is 12.9. The highest BCUT2D eigenvalue weighted by molar-refractivity contribution is 7.99. The van der Waals surface area contributed by atoms with Gasteiger partial charge in [-0.2, -0.15) is 13.2 Å². The van der Waals surface area contributed by atoms with Crippen molar-refractivity contribution in [2.45, 2.75) is 22.4 Å². The molecule has 60 heavy (non-hydrogen) atoms. The van der Waals surface area contributed by atoms with Gasteiger partial charge in [0.2, 0.25) is 0 Å². The fourth-order valence-electron chi connectivity index (χ4n) is 5.94. The summed E-state index contributed by atoms with van der Waals surface area (Å²) in [6.07, 6.45) is -3.36. The highest BCUT2D eigenvalue weighted by atomic mass is 32.2. The fourth-order valence-corrected chi connectivity index (χ4v) is 7.01. The molecule has 0 spiro atoms. The van der Waals surface area contributed by atoms with Crippen LogP contribution in [0.5, 0.6) is 11.5 Å². The first kappa shape index (κ1) is 45.4. The van der Waals surface area contributed by atoms with Crippen molar-refractivity contribution in [2.24, 2.45) is 0 Å². The Hall–Kier alpha value is -7.26. The number of nitro benzene ring substituents is 6. The summed E-state index contributed by atoms with van der Waals surface area (Å²) in [5, 5.41) is 84.2. The lowest BCUT2D eigenvalue weighted by atomic mass is 10.1. The lowest BCUT2D eigenvalue weighted by Crippen LogP contribution is -3.27. The molecule has 23 nitrogen and oxygen atoms in total. The van der Waals surface area contributed by atoms with E-state index in [2.05, 4.69) is 11.9 Å². The Morgan fingerprint density at radius 2 is 1.05 bits per heavy atom. The first-order chi connectivity index (χ1) is 28.1. The van der Waals surface area contributed by atoms with Gasteiger partial charge in [0.25, 0.3) is 34.1 Å². The number of benzene rings is 4. The average Bonchev–Trinajstić information content (AvgIpc) is 3.17. The summed E-state index contributed by atoms with van der Waals surface area (Å²) in [7, 11) is 2.23. The molecular formula is C33H30F3N9O14S. The van der Waals surface area contributed by atoms with Crippen molar-refractivity contribution >= 4 is 57.3 Å². The minimum absolute atomic E-state index is 0.384. The molecule has 0 unspecified atom stereocenters. The molecule has 6 rings (SSSR count). The number of fused-ring (bicyclic) bond motifs is 2. The first-order valence-corrected chi connectivity index (χ1v) is 17.9. The van der Waals surface area contributed by atoms with E-state index >= 15 is 0 Å². The van der Waals surface area contributed by atoms with E-state index in [1.54, 1.807) is 27.6 Å². The third-order valence-corrected chi connectivity index (χ3v) is 10.1. The van der Waals surface area contributed by atoms with E-state index in [4.69, 9.17) is 0 Å². The molecule has 4 aromatic rings. The fraction of sp³-hybridized carbons (Fsp3) is 0.273. The zero-order valence-electron chi connectivity index (χ0n) is 30.7. The maximum Gasteiger partial charge on any atom is 0.416 e. The van der Waals surface area contributed by atoms with Crippen LogP contribution < -0.4 is 24.9 Å². The van der Waals surface area contributed by atoms with E-state index in [0.29, 0.717) is 30.0 Å². The van der Waals surface area contributed by atoms with E-state index in [1.165, 1.54) is 38.3 Å². The van der Waals surface area contributed by atoms with Crippen molar-refractivity contribution in [2.75, 3.05) is 51.2 Å². The highest BCUT2D eigenvalue weighted by Gasteiger charge is 2.34. The summed E-state index contributed by atoms with van der Waals surface area (Å²) < 4.78 is 39.8. The van der Waals surface area contributed by atoms with Crippen LogP contribution in [-0.4, -0.2) is 75.9 Å². The van der Waals surface area contributed by atoms with Crippen LogP contribution in [0.3, 0.4) is 0 Å². The van der Waals surface area contributed by atoms with Crippen LogP contribution in [0.25, 0.3) is 0 Å². The molecule has 0 radical (unpaired) electrons. The summed E-state index contributed by atoms with van der Waals surface area (Å²) in [4.78, 5) is 62.3. The van der Waals surface area contributed by atoms with Crippen LogP contribution in [0, 0.1) is 60.7 Å². The predicted octanol–water partition coefficient (Wildman–Crippen LogP) is 3.08. The SMILES string of the molecule is C[NH+]1CC[NH+](CCCN2c3ccccc3Sc3ccc(C(F)(F)F)cc32)CC1.O=[N+]([O-])c1cc([N+](=O)[O-])c([O-])c([N+](=O)[O-])c1.O=[N+]([O-])c1cc([N+](=O)[O-])c([O-])c([N+](=O)[O-])c1. The average molecular weight is 866 g/mol. The van der Waals surface area contributed by atoms with E-state index in [1.807, 2.05) is 24.3 Å². The molecule has 0 bridgehead atoms. The smallest absolute Gasteiger partial charge is 0.416 e. The van der Waals surface area contributed by atoms with Gasteiger partial charge in [0.05, 0.1) is 95.8 Å². The topological polar surface area (TPSA) is 317 Å². The Bertz CT molecular complexity index is 2190. The van der Waals surface area contributed by atoms with Gasteiger partial charge in [0.15, 0.2) is 0 Å². The zero-order valence-corrected chi connectivity index (χ0v) is 31.5. The molecule has 4 aromatic carbocycles. The number of para-hydroxylation sites is 1. The number of hydrogen-bond donors (Lipinski definition) is 2. The van der Waals surface area contributed by atoms with Gasteiger partial charge in [0, 0.05) is 22.8 Å². The molecule has 27 heteroatoms. The zero-order chi connectivity index (χ0) is 44.6. The number of piperazine rings is 1. The van der Waals surface area contributed by atoms with E-state index in [9.17, 15) is 84.1 Å². The van der Waals surface area contributed by atoms with Crippen LogP contribution >= 0.6 is 11.8 Å². The number of likely N-dealkylation sites (N-methyl/N-ethyl adjacent to an activating group) is 1. The Kier molecular flexibility index (Phi) is 14.4. The van der Waals surface area contributed by atoms with Crippen LogP contribution in [0.1, 0.15) is 12.0 Å². The molecule has 2 aliphatic heterocycles. The van der Waals surface area contributed by atoms with Crippen molar-refractivity contribution in [1.29, 1.82) is 0 Å². The van der Waals surface area contributed by atoms with Crippen molar-refractivity contribution in [3.63, 3.8) is 0 Å². The number of rotatable bonds is 10. The van der Waals surface area contributed by atoms with Gasteiger partial charge in [-0.25, -0.2) is 0 Å². The van der Waals surface area contributed by atoms with E-state index < -0.39 is 86.9 Å². The summed E-state index contributed by atoms with van der Waals surface area (Å²) >= 11 is 1.55. The van der Waals surface area contributed by atoms with Gasteiger partial charge in [-0.05, 0) is 30.3 Å². The summed E-state index contributed by atoms with van der Waals surface area (Å²) in [6.45, 7) is 6.53. The molecule has 0 atom stereocenters. The number of halogens is 3. The summed E-state index contributed by atoms with van der Waals surface area (Å²) in [5.74, 6) is -2.92. The Morgan fingerprint density at radius 3 is 1.47 bits per heavy atom. The van der Waals surface area contributed by atoms with Crippen molar-refractivity contribution in [3.05, 3.63) is 133 Å². The standard InChI is InChI=1S/C21H24F3N3S.2C6H3N3O7/c1-25-11-13-26(14-12-25)9-4-10-27-17-5-2-3-6-19(17)28-20-8-7-16(15-18(20)27)21(22,23)24;2*10-6-4(8(13)14)1-3(7(11)12)2-5(6)9(15)16/h2-3,5-8,15H,4,9-14H2,1H3;2*1-2,10H. The van der Waals surface area contributed by atoms with E-state index in [-0.39, 0.29) is 0 Å². The van der Waals surface area contributed by atoms with Crippen LogP contribution in [-0.2, 0) is 6.18 Å². The molecule has 2 N–H and O–H groups in total. The van der Waals surface area contributed by atoms with Crippen LogP contribution in [0.15, 0.2) is 76.5 Å². The Morgan fingerprint density at radius 1 is 0.617 bits per heavy atom. The number of anilines is 2. The minimum atomic E-state index is -4.32. The normalized spacial score (nSPS) is 15.4. The Balaban J connectivity index is 0.000000214. The predicted molar refractivity (Wildman–Crippen MR) is 198 cm³/mol. The third-order valence-electron chi connectivity index (χ3n) is 8.95. The van der Waals surface area contributed by atoms with Crippen LogP contribution in [0.4, 0.5) is 58.7 Å². The van der Waals surface area contributed by atoms with Crippen LogP contribution in [0.2, 0.25) is 0 Å². The number of non-ortho nitro benzene ring substituents is 2. The lowest BCUT2D eigenvalue weighted by Gasteiger charge is -2.34. The molecule has 0 aliphatic carbocycles. The van der Waals surface area contributed by atoms with Gasteiger partial charge in [-0.15, -0.1) is 0 Å². The molecule has 0 saturated carbocycles. The molecule has 1 saturated heterocycles. The second kappa shape index (κ2) is 19.0. The highest BCUT2D eigenvalue weighted by Crippen LogP contribution is 2.49. The first-order valence-electron chi connectivity index (χ1n) is 17.1. The number of nitro groups is 6. The van der Waals surface area contributed by atoms with Crippen molar-refractivity contribution < 1.29 is 62.7 Å². The molecule has 1 fully saturated rings. The monoisotopic (exact) mass is 865 g/mol. The van der Waals surface area contributed by atoms with Gasteiger partial charge in [-0.1, -0.05) is 23.9 Å². The van der Waals surface area contributed by atoms with Crippen molar-refractivity contribution in [1.82, 2.24) is 0 Å². The van der Waals surface area contributed by atoms with Gasteiger partial charge in [0.1, 0.15) is 26.2 Å². The summed E-state index contributed by atoms with van der Waals surface area (Å²) in [5.41, 5.74) is -5.42. The lowest BCUT2D eigenvalue weighted by molar-refractivity contribution is -1.00. The minimum Gasteiger partial charge on any atom is -0.863 e. The number of quaternary nitrogens is 2. The molecular weight excluding hydrogens is 835 g/mol. The second-order valence-corrected chi connectivity index (χ2v) is 14.0. The maximum absolute atomic E-state index is 13.3. The molecule has 2 heterocycles. The number of alkyl halides is 3. The molecule has 318 valence electrons. The van der Waals surface area contributed by atoms with Gasteiger partial charge in [-0.3, -0.25) is 60.7 Å². The third kappa shape index (κ3) is 11.0. The van der Waals surface area contributed by atoms with Gasteiger partial charge < -0.3 is 24.9 Å².